The lowest BCUT2D eigenvalue weighted by molar-refractivity contribution is 0.324. The van der Waals surface area contributed by atoms with Crippen LogP contribution in [0.2, 0.25) is 0 Å². The van der Waals surface area contributed by atoms with Crippen molar-refractivity contribution in [2.45, 2.75) is 25.8 Å². The highest BCUT2D eigenvalue weighted by atomic mass is 15.1. The fourth-order valence-electron chi connectivity index (χ4n) is 1.37. The van der Waals surface area contributed by atoms with E-state index in [0.29, 0.717) is 6.04 Å². The lowest BCUT2D eigenvalue weighted by Crippen LogP contribution is -2.27. The van der Waals surface area contributed by atoms with Crippen LogP contribution in [0.3, 0.4) is 0 Å². The second kappa shape index (κ2) is 5.83. The zero-order chi connectivity index (χ0) is 10.4. The van der Waals surface area contributed by atoms with E-state index in [2.05, 4.69) is 29.9 Å². The number of nitrogens with two attached hydrogens (primary N) is 1. The predicted molar refractivity (Wildman–Crippen MR) is 60.3 cm³/mol. The van der Waals surface area contributed by atoms with Crippen LogP contribution in [0, 0.1) is 0 Å². The Morgan fingerprint density at radius 1 is 1.50 bits per heavy atom. The number of hydrogen-bond acceptors (Lipinski definition) is 2. The van der Waals surface area contributed by atoms with Crippen molar-refractivity contribution in [1.82, 2.24) is 9.88 Å². The summed E-state index contributed by atoms with van der Waals surface area (Å²) in [6.07, 6.45) is 4.13. The van der Waals surface area contributed by atoms with Gasteiger partial charge in [0, 0.05) is 30.9 Å². The Morgan fingerprint density at radius 3 is 2.86 bits per heavy atom. The van der Waals surface area contributed by atoms with Crippen LogP contribution in [0.15, 0.2) is 18.3 Å². The minimum atomic E-state index is 0.308. The minimum Gasteiger partial charge on any atom is -0.365 e. The van der Waals surface area contributed by atoms with Gasteiger partial charge in [-0.3, -0.25) is 0 Å². The molecule has 14 heavy (non-hydrogen) atoms. The molecule has 1 aromatic rings. The van der Waals surface area contributed by atoms with Gasteiger partial charge in [-0.1, -0.05) is 0 Å². The van der Waals surface area contributed by atoms with Crippen molar-refractivity contribution in [2.24, 2.45) is 5.73 Å². The van der Waals surface area contributed by atoms with Crippen LogP contribution < -0.4 is 5.73 Å². The van der Waals surface area contributed by atoms with Gasteiger partial charge < -0.3 is 15.6 Å². The van der Waals surface area contributed by atoms with Crippen LogP contribution in [0.25, 0.3) is 0 Å². The highest BCUT2D eigenvalue weighted by molar-refractivity contribution is 5.03. The zero-order valence-electron chi connectivity index (χ0n) is 9.16. The summed E-state index contributed by atoms with van der Waals surface area (Å²) in [5, 5.41) is 0. The van der Waals surface area contributed by atoms with Crippen LogP contribution in [0.1, 0.15) is 19.0 Å². The smallest absolute Gasteiger partial charge is 0.0159 e. The van der Waals surface area contributed by atoms with Crippen molar-refractivity contribution in [1.29, 1.82) is 0 Å². The predicted octanol–water partition coefficient (Wildman–Crippen LogP) is 1.23. The van der Waals surface area contributed by atoms with Crippen molar-refractivity contribution in [3.63, 3.8) is 0 Å². The largest absolute Gasteiger partial charge is 0.365 e. The molecule has 1 rings (SSSR count). The molecule has 0 spiro atoms. The van der Waals surface area contributed by atoms with Crippen LogP contribution in [0.4, 0.5) is 0 Å². The van der Waals surface area contributed by atoms with E-state index >= 15 is 0 Å². The quantitative estimate of drug-likeness (QED) is 0.717. The molecule has 3 heteroatoms. The van der Waals surface area contributed by atoms with Crippen LogP contribution >= 0.6 is 0 Å². The third-order valence-corrected chi connectivity index (χ3v) is 2.39. The molecule has 0 amide bonds. The molecule has 0 aliphatic heterocycles. The van der Waals surface area contributed by atoms with Crippen molar-refractivity contribution in [2.75, 3.05) is 20.1 Å². The second-order valence-electron chi connectivity index (χ2n) is 4.01. The lowest BCUT2D eigenvalue weighted by atomic mass is 10.2. The average Bonchev–Trinajstić information content (AvgIpc) is 2.63. The summed E-state index contributed by atoms with van der Waals surface area (Å²) in [5.41, 5.74) is 7.00. The number of nitrogens with one attached hydrogen (secondary N) is 1. The molecule has 0 saturated carbocycles. The number of nitrogens with zero attached hydrogens (tertiary/aromatic N) is 1. The van der Waals surface area contributed by atoms with Gasteiger partial charge in [0.05, 0.1) is 0 Å². The number of likely N-dealkylation sites (N-methyl/N-ethyl adjacent to an activating group) is 1. The van der Waals surface area contributed by atoms with Crippen molar-refractivity contribution < 1.29 is 0 Å². The Kier molecular flexibility index (Phi) is 4.70. The van der Waals surface area contributed by atoms with E-state index in [0.717, 1.165) is 25.9 Å². The van der Waals surface area contributed by atoms with E-state index in [4.69, 9.17) is 5.73 Å². The summed E-state index contributed by atoms with van der Waals surface area (Å²) in [7, 11) is 2.14. The molecule has 0 fully saturated rings. The van der Waals surface area contributed by atoms with Gasteiger partial charge in [-0.2, -0.15) is 0 Å². The maximum absolute atomic E-state index is 5.70. The highest BCUT2D eigenvalue weighted by Gasteiger charge is 2.01. The Labute approximate surface area is 86.3 Å². The normalized spacial score (nSPS) is 13.4. The van der Waals surface area contributed by atoms with Gasteiger partial charge >= 0.3 is 0 Å². The van der Waals surface area contributed by atoms with Crippen molar-refractivity contribution in [3.8, 4) is 0 Å². The minimum absolute atomic E-state index is 0.308. The van der Waals surface area contributed by atoms with Gasteiger partial charge in [0.2, 0.25) is 0 Å². The van der Waals surface area contributed by atoms with E-state index < -0.39 is 0 Å². The fraction of sp³-hybridized carbons (Fsp3) is 0.636. The van der Waals surface area contributed by atoms with E-state index in [1.54, 1.807) is 0 Å². The highest BCUT2D eigenvalue weighted by Crippen LogP contribution is 1.98. The van der Waals surface area contributed by atoms with Crippen molar-refractivity contribution in [3.05, 3.63) is 24.0 Å². The van der Waals surface area contributed by atoms with E-state index in [-0.39, 0.29) is 0 Å². The molecule has 80 valence electrons. The molecule has 0 radical (unpaired) electrons. The van der Waals surface area contributed by atoms with Crippen LogP contribution in [-0.4, -0.2) is 36.1 Å². The molecule has 0 aromatic carbocycles. The number of aromatic amines is 1. The van der Waals surface area contributed by atoms with E-state index in [9.17, 15) is 0 Å². The first kappa shape index (κ1) is 11.3. The number of rotatable bonds is 6. The molecule has 0 aliphatic rings. The molecule has 3 nitrogen and oxygen atoms in total. The summed E-state index contributed by atoms with van der Waals surface area (Å²) in [6, 6.07) is 4.47. The van der Waals surface area contributed by atoms with Crippen LogP contribution in [0.5, 0.6) is 0 Å². The molecule has 1 unspecified atom stereocenters. The summed E-state index contributed by atoms with van der Waals surface area (Å²) < 4.78 is 0. The third kappa shape index (κ3) is 4.44. The molecule has 0 saturated heterocycles. The first-order valence-electron chi connectivity index (χ1n) is 5.25. The van der Waals surface area contributed by atoms with Gasteiger partial charge in [0.25, 0.3) is 0 Å². The first-order valence-corrected chi connectivity index (χ1v) is 5.25. The fourth-order valence-corrected chi connectivity index (χ4v) is 1.37. The molecule has 0 aliphatic carbocycles. The number of aromatic nitrogens is 1. The Bertz CT molecular complexity index is 229. The SMILES string of the molecule is CC(N)CCN(C)CCc1ccc[nH]1. The Morgan fingerprint density at radius 2 is 2.29 bits per heavy atom. The maximum atomic E-state index is 5.70. The molecular weight excluding hydrogens is 174 g/mol. The summed E-state index contributed by atoms with van der Waals surface area (Å²) in [6.45, 7) is 4.23. The van der Waals surface area contributed by atoms with Gasteiger partial charge in [-0.15, -0.1) is 0 Å². The van der Waals surface area contributed by atoms with Gasteiger partial charge in [-0.25, -0.2) is 0 Å². The Hall–Kier alpha value is -0.800. The Balaban J connectivity index is 2.12. The van der Waals surface area contributed by atoms with E-state index in [1.165, 1.54) is 5.69 Å². The maximum Gasteiger partial charge on any atom is 0.0159 e. The molecule has 1 heterocycles. The lowest BCUT2D eigenvalue weighted by Gasteiger charge is -2.17. The number of H-pyrrole nitrogens is 1. The third-order valence-electron chi connectivity index (χ3n) is 2.39. The van der Waals surface area contributed by atoms with Crippen molar-refractivity contribution >= 4 is 0 Å². The molecule has 1 atom stereocenters. The topological polar surface area (TPSA) is 45.0 Å². The van der Waals surface area contributed by atoms with Crippen LogP contribution in [-0.2, 0) is 6.42 Å². The molecule has 1 aromatic heterocycles. The van der Waals surface area contributed by atoms with Gasteiger partial charge in [-0.05, 0) is 39.1 Å². The molecular formula is C11H21N3. The summed E-state index contributed by atoms with van der Waals surface area (Å²) in [5.74, 6) is 0. The average molecular weight is 195 g/mol. The van der Waals surface area contributed by atoms with Gasteiger partial charge in [0.1, 0.15) is 0 Å². The molecule has 0 bridgehead atoms. The van der Waals surface area contributed by atoms with Gasteiger partial charge in [0.15, 0.2) is 0 Å². The molecule has 3 N–H and O–H groups in total. The standard InChI is InChI=1S/C11H21N3/c1-10(12)5-8-14(2)9-6-11-4-3-7-13-11/h3-4,7,10,13H,5-6,8-9,12H2,1-2H3. The zero-order valence-corrected chi connectivity index (χ0v) is 9.16. The monoisotopic (exact) mass is 195 g/mol. The number of hydrogen-bond donors (Lipinski definition) is 2. The summed E-state index contributed by atoms with van der Waals surface area (Å²) in [4.78, 5) is 5.53. The van der Waals surface area contributed by atoms with E-state index in [1.807, 2.05) is 12.3 Å². The summed E-state index contributed by atoms with van der Waals surface area (Å²) >= 11 is 0. The second-order valence-corrected chi connectivity index (χ2v) is 4.01. The first-order chi connectivity index (χ1) is 6.68.